The van der Waals surface area contributed by atoms with Crippen molar-refractivity contribution in [2.75, 3.05) is 0 Å². The molecule has 0 saturated heterocycles. The predicted octanol–water partition coefficient (Wildman–Crippen LogP) is 3.68. The zero-order valence-corrected chi connectivity index (χ0v) is 12.9. The first-order valence-corrected chi connectivity index (χ1v) is 9.22. The highest BCUT2D eigenvalue weighted by molar-refractivity contribution is 14.1. The second-order valence-corrected chi connectivity index (χ2v) is 10.3. The first kappa shape index (κ1) is 14.0. The molecule has 0 atom stereocenters. The molecule has 0 unspecified atom stereocenters. The van der Waals surface area contributed by atoms with Gasteiger partial charge in [0.05, 0.1) is 11.6 Å². The van der Waals surface area contributed by atoms with E-state index in [0.29, 0.717) is 8.76 Å². The van der Waals surface area contributed by atoms with Crippen molar-refractivity contribution in [2.24, 2.45) is 0 Å². The van der Waals surface area contributed by atoms with Crippen LogP contribution in [0.1, 0.15) is 20.8 Å². The fourth-order valence-corrected chi connectivity index (χ4v) is 6.50. The quantitative estimate of drug-likeness (QED) is 0.456. The Labute approximate surface area is 110 Å². The molecule has 0 aliphatic heterocycles. The molecule has 0 amide bonds. The van der Waals surface area contributed by atoms with Crippen LogP contribution in [0.3, 0.4) is 0 Å². The van der Waals surface area contributed by atoms with E-state index in [1.807, 2.05) is 43.4 Å². The SMILES string of the molecule is CC[Si](CC)(CC)c1c(F)ncc(I)c1F. The number of nitrogens with zero attached hydrogens (tertiary/aromatic N) is 1. The molecule has 0 saturated carbocycles. The van der Waals surface area contributed by atoms with E-state index in [9.17, 15) is 8.78 Å². The summed E-state index contributed by atoms with van der Waals surface area (Å²) in [6, 6.07) is 2.57. The Balaban J connectivity index is 3.45. The van der Waals surface area contributed by atoms with Crippen LogP contribution in [0.5, 0.6) is 0 Å². The molecular formula is C11H16F2INSi. The van der Waals surface area contributed by atoms with Crippen molar-refractivity contribution in [3.8, 4) is 0 Å². The van der Waals surface area contributed by atoms with E-state index in [1.54, 1.807) is 0 Å². The number of halogens is 3. The molecule has 0 radical (unpaired) electrons. The molecule has 0 aliphatic rings. The Morgan fingerprint density at radius 3 is 2.12 bits per heavy atom. The molecule has 1 aromatic heterocycles. The smallest absolute Gasteiger partial charge is 0.214 e. The molecule has 0 spiro atoms. The van der Waals surface area contributed by atoms with Crippen LogP contribution in [-0.2, 0) is 0 Å². The van der Waals surface area contributed by atoms with E-state index >= 15 is 0 Å². The van der Waals surface area contributed by atoms with Crippen LogP contribution in [0.2, 0.25) is 18.1 Å². The van der Waals surface area contributed by atoms with Crippen molar-refractivity contribution in [1.29, 1.82) is 0 Å². The summed E-state index contributed by atoms with van der Waals surface area (Å²) in [6.45, 7) is 6.08. The molecule has 5 heteroatoms. The molecule has 1 rings (SSSR count). The summed E-state index contributed by atoms with van der Waals surface area (Å²) >= 11 is 1.87. The van der Waals surface area contributed by atoms with Crippen LogP contribution in [0.15, 0.2) is 6.20 Å². The normalized spacial score (nSPS) is 11.9. The van der Waals surface area contributed by atoms with Gasteiger partial charge >= 0.3 is 0 Å². The summed E-state index contributed by atoms with van der Waals surface area (Å²) in [4.78, 5) is 3.67. The molecule has 1 nitrogen and oxygen atoms in total. The molecule has 16 heavy (non-hydrogen) atoms. The lowest BCUT2D eigenvalue weighted by atomic mass is 10.5. The van der Waals surface area contributed by atoms with Crippen molar-refractivity contribution in [3.63, 3.8) is 0 Å². The van der Waals surface area contributed by atoms with Gasteiger partial charge in [0.25, 0.3) is 0 Å². The molecule has 0 aromatic carbocycles. The Hall–Kier alpha value is -0.0431. The summed E-state index contributed by atoms with van der Waals surface area (Å²) in [7, 11) is -2.03. The largest absolute Gasteiger partial charge is 0.227 e. The van der Waals surface area contributed by atoms with Crippen LogP contribution in [-0.4, -0.2) is 13.1 Å². The first-order chi connectivity index (χ1) is 7.52. The van der Waals surface area contributed by atoms with E-state index in [1.165, 1.54) is 6.20 Å². The molecule has 0 aliphatic carbocycles. The van der Waals surface area contributed by atoms with Gasteiger partial charge in [0.2, 0.25) is 5.95 Å². The summed E-state index contributed by atoms with van der Waals surface area (Å²) < 4.78 is 28.3. The zero-order chi connectivity index (χ0) is 12.3. The van der Waals surface area contributed by atoms with Crippen LogP contribution in [0, 0.1) is 15.3 Å². The van der Waals surface area contributed by atoms with Gasteiger partial charge in [-0.2, -0.15) is 4.39 Å². The Bertz CT molecular complexity index is 372. The number of pyridine rings is 1. The van der Waals surface area contributed by atoms with Gasteiger partial charge in [0.15, 0.2) is 0 Å². The molecule has 1 heterocycles. The maximum atomic E-state index is 14.1. The summed E-state index contributed by atoms with van der Waals surface area (Å²) in [5, 5.41) is 0.298. The van der Waals surface area contributed by atoms with Gasteiger partial charge in [0, 0.05) is 11.4 Å². The summed E-state index contributed by atoms with van der Waals surface area (Å²) in [5.41, 5.74) is 0. The van der Waals surface area contributed by atoms with Gasteiger partial charge in [-0.15, -0.1) is 0 Å². The van der Waals surface area contributed by atoms with E-state index < -0.39 is 14.0 Å². The van der Waals surface area contributed by atoms with Crippen LogP contribution in [0.25, 0.3) is 0 Å². The minimum Gasteiger partial charge on any atom is -0.227 e. The van der Waals surface area contributed by atoms with Crippen LogP contribution < -0.4 is 5.19 Å². The number of rotatable bonds is 4. The third kappa shape index (κ3) is 2.29. The third-order valence-corrected chi connectivity index (χ3v) is 9.79. The second-order valence-electron chi connectivity index (χ2n) is 3.93. The Morgan fingerprint density at radius 1 is 1.19 bits per heavy atom. The molecule has 1 aromatic rings. The average Bonchev–Trinajstić information content (AvgIpc) is 2.30. The number of aromatic nitrogens is 1. The van der Waals surface area contributed by atoms with E-state index in [0.717, 1.165) is 18.1 Å². The molecule has 90 valence electrons. The highest BCUT2D eigenvalue weighted by Crippen LogP contribution is 2.23. The zero-order valence-electron chi connectivity index (χ0n) is 9.78. The third-order valence-electron chi connectivity index (χ3n) is 3.49. The monoisotopic (exact) mass is 355 g/mol. The van der Waals surface area contributed by atoms with Crippen LogP contribution >= 0.6 is 22.6 Å². The summed E-state index contributed by atoms with van der Waals surface area (Å²) in [6.07, 6.45) is 1.26. The fourth-order valence-electron chi connectivity index (χ4n) is 2.18. The maximum absolute atomic E-state index is 14.1. The summed E-state index contributed by atoms with van der Waals surface area (Å²) in [5.74, 6) is -0.986. The van der Waals surface area contributed by atoms with Crippen molar-refractivity contribution >= 4 is 35.9 Å². The predicted molar refractivity (Wildman–Crippen MR) is 73.7 cm³/mol. The average molecular weight is 355 g/mol. The molecular weight excluding hydrogens is 339 g/mol. The van der Waals surface area contributed by atoms with Crippen molar-refractivity contribution in [1.82, 2.24) is 4.98 Å². The van der Waals surface area contributed by atoms with E-state index in [4.69, 9.17) is 0 Å². The highest BCUT2D eigenvalue weighted by Gasteiger charge is 2.36. The topological polar surface area (TPSA) is 12.9 Å². The standard InChI is InChI=1S/C11H16F2INSi/c1-4-16(5-2,6-3)10-9(12)8(14)7-15-11(10)13/h7H,4-6H2,1-3H3. The Kier molecular flexibility index (Phi) is 4.84. The molecule has 0 fully saturated rings. The minimum atomic E-state index is -2.03. The van der Waals surface area contributed by atoms with Crippen molar-refractivity contribution in [2.45, 2.75) is 38.9 Å². The lowest BCUT2D eigenvalue weighted by molar-refractivity contribution is 0.560. The molecule has 0 bridgehead atoms. The van der Waals surface area contributed by atoms with Crippen molar-refractivity contribution < 1.29 is 8.78 Å². The van der Waals surface area contributed by atoms with Crippen LogP contribution in [0.4, 0.5) is 8.78 Å². The number of hydrogen-bond acceptors (Lipinski definition) is 1. The van der Waals surface area contributed by atoms with Crippen molar-refractivity contribution in [3.05, 3.63) is 21.5 Å². The fraction of sp³-hybridized carbons (Fsp3) is 0.545. The lowest BCUT2D eigenvalue weighted by Crippen LogP contribution is -2.50. The first-order valence-electron chi connectivity index (χ1n) is 5.52. The second kappa shape index (κ2) is 5.53. The van der Waals surface area contributed by atoms with Gasteiger partial charge in [-0.25, -0.2) is 9.37 Å². The highest BCUT2D eigenvalue weighted by atomic mass is 127. The van der Waals surface area contributed by atoms with Gasteiger partial charge in [-0.3, -0.25) is 0 Å². The van der Waals surface area contributed by atoms with Gasteiger partial charge in [-0.05, 0) is 22.6 Å². The Morgan fingerprint density at radius 2 is 1.69 bits per heavy atom. The minimum absolute atomic E-state index is 0.298. The van der Waals surface area contributed by atoms with E-state index in [-0.39, 0.29) is 5.82 Å². The van der Waals surface area contributed by atoms with E-state index in [2.05, 4.69) is 4.98 Å². The maximum Gasteiger partial charge on any atom is 0.214 e. The van der Waals surface area contributed by atoms with Gasteiger partial charge < -0.3 is 0 Å². The van der Waals surface area contributed by atoms with Gasteiger partial charge in [0.1, 0.15) is 5.82 Å². The molecule has 0 N–H and O–H groups in total. The lowest BCUT2D eigenvalue weighted by Gasteiger charge is -2.29. The number of hydrogen-bond donors (Lipinski definition) is 0. The van der Waals surface area contributed by atoms with Gasteiger partial charge in [-0.1, -0.05) is 38.9 Å².